The van der Waals surface area contributed by atoms with Crippen molar-refractivity contribution in [2.24, 2.45) is 0 Å². The summed E-state index contributed by atoms with van der Waals surface area (Å²) in [6, 6.07) is 0. The van der Waals surface area contributed by atoms with Crippen LogP contribution in [0, 0.1) is 0 Å². The Morgan fingerprint density at radius 3 is 2.50 bits per heavy atom. The largest absolute Gasteiger partial charge is 0.394 e. The van der Waals surface area contributed by atoms with Crippen LogP contribution in [0.25, 0.3) is 0 Å². The molecule has 3 N–H and O–H groups in total. The van der Waals surface area contributed by atoms with Crippen molar-refractivity contribution < 1.29 is 24.8 Å². The minimum Gasteiger partial charge on any atom is -0.394 e. The number of hydrogen-bond donors (Lipinski definition) is 3. The molecule has 5 nitrogen and oxygen atoms in total. The molecule has 0 bridgehead atoms. The molecule has 1 rings (SSSR count). The SMILES string of the molecule is CC/C=C/CCCCCCCO[C@@H](CO)[C@H]1OC[C@@H](O)[C@H]1O. The second kappa shape index (κ2) is 12.0. The van der Waals surface area contributed by atoms with E-state index in [0.29, 0.717) is 6.61 Å². The third-order valence-corrected chi connectivity index (χ3v) is 3.99. The van der Waals surface area contributed by atoms with Crippen molar-refractivity contribution in [3.05, 3.63) is 12.2 Å². The average molecular weight is 316 g/mol. The average Bonchev–Trinajstić information content (AvgIpc) is 2.85. The van der Waals surface area contributed by atoms with Gasteiger partial charge in [0.05, 0.1) is 13.2 Å². The second-order valence-corrected chi connectivity index (χ2v) is 5.88. The van der Waals surface area contributed by atoms with Gasteiger partial charge in [-0.25, -0.2) is 0 Å². The monoisotopic (exact) mass is 316 g/mol. The predicted octanol–water partition coefficient (Wildman–Crippen LogP) is 1.79. The Kier molecular flexibility index (Phi) is 10.7. The van der Waals surface area contributed by atoms with E-state index < -0.39 is 24.4 Å². The molecule has 1 heterocycles. The molecule has 0 radical (unpaired) electrons. The van der Waals surface area contributed by atoms with E-state index in [9.17, 15) is 15.3 Å². The molecular formula is C17H32O5. The van der Waals surface area contributed by atoms with Gasteiger partial charge in [-0.3, -0.25) is 0 Å². The van der Waals surface area contributed by atoms with Crippen molar-refractivity contribution in [1.82, 2.24) is 0 Å². The lowest BCUT2D eigenvalue weighted by molar-refractivity contribution is -0.101. The lowest BCUT2D eigenvalue weighted by Gasteiger charge is -2.24. The Bertz CT molecular complexity index is 295. The number of hydrogen-bond acceptors (Lipinski definition) is 5. The number of aliphatic hydroxyl groups is 3. The highest BCUT2D eigenvalue weighted by Gasteiger charge is 2.40. The van der Waals surface area contributed by atoms with Crippen molar-refractivity contribution in [1.29, 1.82) is 0 Å². The molecule has 0 spiro atoms. The highest BCUT2D eigenvalue weighted by molar-refractivity contribution is 4.88. The minimum atomic E-state index is -0.978. The normalized spacial score (nSPS) is 26.8. The fraction of sp³-hybridized carbons (Fsp3) is 0.882. The molecule has 0 aromatic carbocycles. The van der Waals surface area contributed by atoms with Crippen molar-refractivity contribution in [2.75, 3.05) is 19.8 Å². The summed E-state index contributed by atoms with van der Waals surface area (Å²) in [5.74, 6) is 0. The Morgan fingerprint density at radius 1 is 1.14 bits per heavy atom. The lowest BCUT2D eigenvalue weighted by Crippen LogP contribution is -2.42. The van der Waals surface area contributed by atoms with Gasteiger partial charge in [-0.1, -0.05) is 38.3 Å². The molecule has 1 fully saturated rings. The number of rotatable bonds is 12. The van der Waals surface area contributed by atoms with E-state index in [-0.39, 0.29) is 13.2 Å². The van der Waals surface area contributed by atoms with Crippen LogP contribution in [0.3, 0.4) is 0 Å². The first-order valence-electron chi connectivity index (χ1n) is 8.55. The maximum absolute atomic E-state index is 9.75. The fourth-order valence-corrected chi connectivity index (χ4v) is 2.62. The van der Waals surface area contributed by atoms with Crippen LogP contribution in [0.2, 0.25) is 0 Å². The van der Waals surface area contributed by atoms with Crippen LogP contribution < -0.4 is 0 Å². The summed E-state index contributed by atoms with van der Waals surface area (Å²) in [5.41, 5.74) is 0. The van der Waals surface area contributed by atoms with E-state index in [0.717, 1.165) is 25.7 Å². The molecule has 5 heteroatoms. The van der Waals surface area contributed by atoms with Crippen molar-refractivity contribution in [3.8, 4) is 0 Å². The molecule has 0 aliphatic carbocycles. The van der Waals surface area contributed by atoms with E-state index >= 15 is 0 Å². The maximum atomic E-state index is 9.75. The Balaban J connectivity index is 2.02. The predicted molar refractivity (Wildman–Crippen MR) is 85.7 cm³/mol. The smallest absolute Gasteiger partial charge is 0.114 e. The first-order valence-corrected chi connectivity index (χ1v) is 8.55. The van der Waals surface area contributed by atoms with Crippen LogP contribution in [0.4, 0.5) is 0 Å². The van der Waals surface area contributed by atoms with Crippen LogP contribution in [-0.4, -0.2) is 59.6 Å². The Labute approximate surface area is 133 Å². The van der Waals surface area contributed by atoms with Gasteiger partial charge in [0.1, 0.15) is 24.4 Å². The van der Waals surface area contributed by atoms with Gasteiger partial charge in [0.15, 0.2) is 0 Å². The topological polar surface area (TPSA) is 79.2 Å². The van der Waals surface area contributed by atoms with Gasteiger partial charge in [0.2, 0.25) is 0 Å². The van der Waals surface area contributed by atoms with Gasteiger partial charge in [0, 0.05) is 6.61 Å². The quantitative estimate of drug-likeness (QED) is 0.378. The summed E-state index contributed by atoms with van der Waals surface area (Å²) in [6.45, 7) is 2.58. The summed E-state index contributed by atoms with van der Waals surface area (Å²) in [7, 11) is 0. The molecular weight excluding hydrogens is 284 g/mol. The standard InChI is InChI=1S/C17H32O5/c1-2-3-4-5-6-7-8-9-10-11-21-15(12-18)17-16(20)14(19)13-22-17/h3-4,14-20H,2,5-13H2,1H3/b4-3+/t14-,15+,16-,17-/m1/s1. The maximum Gasteiger partial charge on any atom is 0.114 e. The van der Waals surface area contributed by atoms with E-state index in [4.69, 9.17) is 9.47 Å². The van der Waals surface area contributed by atoms with Crippen LogP contribution in [0.1, 0.15) is 51.9 Å². The summed E-state index contributed by atoms with van der Waals surface area (Å²) in [5, 5.41) is 28.5. The Hall–Kier alpha value is -0.460. The summed E-state index contributed by atoms with van der Waals surface area (Å²) < 4.78 is 10.9. The highest BCUT2D eigenvalue weighted by atomic mass is 16.6. The molecule has 4 atom stereocenters. The number of aliphatic hydroxyl groups excluding tert-OH is 3. The van der Waals surface area contributed by atoms with Gasteiger partial charge in [0.25, 0.3) is 0 Å². The lowest BCUT2D eigenvalue weighted by atomic mass is 10.1. The summed E-state index contributed by atoms with van der Waals surface area (Å²) in [4.78, 5) is 0. The van der Waals surface area contributed by atoms with Gasteiger partial charge < -0.3 is 24.8 Å². The fourth-order valence-electron chi connectivity index (χ4n) is 2.62. The van der Waals surface area contributed by atoms with Gasteiger partial charge in [-0.05, 0) is 25.7 Å². The number of allylic oxidation sites excluding steroid dienone is 2. The van der Waals surface area contributed by atoms with E-state index in [1.807, 2.05) is 0 Å². The molecule has 1 saturated heterocycles. The van der Waals surface area contributed by atoms with E-state index in [1.54, 1.807) is 0 Å². The third-order valence-electron chi connectivity index (χ3n) is 3.99. The number of ether oxygens (including phenoxy) is 2. The highest BCUT2D eigenvalue weighted by Crippen LogP contribution is 2.19. The molecule has 0 saturated carbocycles. The van der Waals surface area contributed by atoms with Crippen LogP contribution >= 0.6 is 0 Å². The van der Waals surface area contributed by atoms with Gasteiger partial charge >= 0.3 is 0 Å². The van der Waals surface area contributed by atoms with Crippen LogP contribution in [-0.2, 0) is 9.47 Å². The first kappa shape index (κ1) is 19.6. The number of unbranched alkanes of at least 4 members (excludes halogenated alkanes) is 5. The molecule has 22 heavy (non-hydrogen) atoms. The van der Waals surface area contributed by atoms with Crippen LogP contribution in [0.5, 0.6) is 0 Å². The zero-order chi connectivity index (χ0) is 16.2. The Morgan fingerprint density at radius 2 is 1.86 bits per heavy atom. The third kappa shape index (κ3) is 7.20. The van der Waals surface area contributed by atoms with E-state index in [2.05, 4.69) is 19.1 Å². The summed E-state index contributed by atoms with van der Waals surface area (Å²) in [6.07, 6.45) is 9.36. The molecule has 0 aromatic heterocycles. The summed E-state index contributed by atoms with van der Waals surface area (Å²) >= 11 is 0. The minimum absolute atomic E-state index is 0.0954. The molecule has 0 amide bonds. The molecule has 0 aromatic rings. The van der Waals surface area contributed by atoms with Crippen molar-refractivity contribution >= 4 is 0 Å². The van der Waals surface area contributed by atoms with Gasteiger partial charge in [-0.2, -0.15) is 0 Å². The molecule has 1 aliphatic rings. The van der Waals surface area contributed by atoms with E-state index in [1.165, 1.54) is 19.3 Å². The molecule has 0 unspecified atom stereocenters. The first-order chi connectivity index (χ1) is 10.7. The van der Waals surface area contributed by atoms with Crippen molar-refractivity contribution in [3.63, 3.8) is 0 Å². The zero-order valence-electron chi connectivity index (χ0n) is 13.7. The molecule has 130 valence electrons. The molecule has 1 aliphatic heterocycles. The van der Waals surface area contributed by atoms with Crippen LogP contribution in [0.15, 0.2) is 12.2 Å². The van der Waals surface area contributed by atoms with Crippen molar-refractivity contribution in [2.45, 2.75) is 76.3 Å². The second-order valence-electron chi connectivity index (χ2n) is 5.88. The zero-order valence-corrected chi connectivity index (χ0v) is 13.7. The van der Waals surface area contributed by atoms with Gasteiger partial charge in [-0.15, -0.1) is 0 Å².